The van der Waals surface area contributed by atoms with Crippen molar-refractivity contribution in [1.29, 1.82) is 0 Å². The Labute approximate surface area is 169 Å². The Hall–Kier alpha value is -2.61. The fourth-order valence-electron chi connectivity index (χ4n) is 3.84. The Morgan fingerprint density at radius 2 is 1.71 bits per heavy atom. The van der Waals surface area contributed by atoms with E-state index in [1.54, 1.807) is 0 Å². The summed E-state index contributed by atoms with van der Waals surface area (Å²) in [7, 11) is 0. The number of carbonyl (C=O) groups excluding carboxylic acids is 1. The van der Waals surface area contributed by atoms with Crippen molar-refractivity contribution in [3.05, 3.63) is 83.4 Å². The maximum atomic E-state index is 11.3. The number of carbonyl (C=O) groups is 1. The summed E-state index contributed by atoms with van der Waals surface area (Å²) in [6.07, 6.45) is 8.18. The van der Waals surface area contributed by atoms with Crippen LogP contribution in [0.4, 0.5) is 5.69 Å². The third-order valence-corrected chi connectivity index (χ3v) is 5.12. The van der Waals surface area contributed by atoms with E-state index in [1.807, 2.05) is 12.1 Å². The van der Waals surface area contributed by atoms with Gasteiger partial charge in [0, 0.05) is 12.6 Å². The van der Waals surface area contributed by atoms with Gasteiger partial charge >= 0.3 is 0 Å². The molecule has 28 heavy (non-hydrogen) atoms. The summed E-state index contributed by atoms with van der Waals surface area (Å²) in [5.74, 6) is 0.572. The molecule has 1 amide bonds. The summed E-state index contributed by atoms with van der Waals surface area (Å²) < 4.78 is 0. The molecule has 1 aliphatic rings. The lowest BCUT2D eigenvalue weighted by atomic mass is 9.79. The van der Waals surface area contributed by atoms with Crippen molar-refractivity contribution >= 4 is 17.2 Å². The predicted octanol–water partition coefficient (Wildman–Crippen LogP) is 6.97. The van der Waals surface area contributed by atoms with E-state index in [4.69, 9.17) is 0 Å². The lowest BCUT2D eigenvalue weighted by molar-refractivity contribution is -0.114. The molecule has 1 aliphatic carbocycles. The summed E-state index contributed by atoms with van der Waals surface area (Å²) >= 11 is 0. The topological polar surface area (TPSA) is 29.1 Å². The van der Waals surface area contributed by atoms with Gasteiger partial charge in [-0.2, -0.15) is 0 Å². The second kappa shape index (κ2) is 8.60. The first-order valence-electron chi connectivity index (χ1n) is 10.2. The Morgan fingerprint density at radius 1 is 1.04 bits per heavy atom. The lowest BCUT2D eigenvalue weighted by Gasteiger charge is -2.26. The molecule has 2 heteroatoms. The quantitative estimate of drug-likeness (QED) is 0.616. The highest BCUT2D eigenvalue weighted by Gasteiger charge is 2.20. The van der Waals surface area contributed by atoms with Crippen LogP contribution in [0.25, 0.3) is 5.57 Å². The summed E-state index contributed by atoms with van der Waals surface area (Å²) in [6, 6.07) is 19.1. The second-order valence-corrected chi connectivity index (χ2v) is 8.79. The van der Waals surface area contributed by atoms with Crippen LogP contribution in [0.15, 0.2) is 72.3 Å². The molecule has 0 bridgehead atoms. The minimum Gasteiger partial charge on any atom is -0.326 e. The van der Waals surface area contributed by atoms with Gasteiger partial charge in [0.25, 0.3) is 0 Å². The van der Waals surface area contributed by atoms with E-state index in [0.717, 1.165) is 18.5 Å². The van der Waals surface area contributed by atoms with Crippen LogP contribution in [-0.4, -0.2) is 5.91 Å². The maximum Gasteiger partial charge on any atom is 0.221 e. The molecule has 0 saturated carbocycles. The first kappa shape index (κ1) is 20.1. The van der Waals surface area contributed by atoms with Crippen molar-refractivity contribution in [1.82, 2.24) is 0 Å². The van der Waals surface area contributed by atoms with Gasteiger partial charge in [-0.25, -0.2) is 0 Å². The Kier molecular flexibility index (Phi) is 6.18. The molecule has 0 radical (unpaired) electrons. The van der Waals surface area contributed by atoms with Crippen molar-refractivity contribution < 1.29 is 4.79 Å². The first-order chi connectivity index (χ1) is 13.3. The third-order valence-electron chi connectivity index (χ3n) is 5.12. The van der Waals surface area contributed by atoms with Crippen LogP contribution >= 0.6 is 0 Å². The second-order valence-electron chi connectivity index (χ2n) is 8.79. The van der Waals surface area contributed by atoms with Crippen LogP contribution in [-0.2, 0) is 4.79 Å². The van der Waals surface area contributed by atoms with Gasteiger partial charge in [-0.05, 0) is 65.0 Å². The minimum absolute atomic E-state index is 0.0415. The van der Waals surface area contributed by atoms with Crippen molar-refractivity contribution in [3.63, 3.8) is 0 Å². The van der Waals surface area contributed by atoms with Crippen molar-refractivity contribution in [2.24, 2.45) is 5.41 Å². The van der Waals surface area contributed by atoms with Gasteiger partial charge in [0.1, 0.15) is 0 Å². The summed E-state index contributed by atoms with van der Waals surface area (Å²) in [6.45, 7) is 8.27. The number of nitrogens with one attached hydrogen (secondary N) is 1. The zero-order valence-electron chi connectivity index (χ0n) is 17.5. The Balaban J connectivity index is 1.86. The van der Waals surface area contributed by atoms with Crippen LogP contribution in [0.3, 0.4) is 0 Å². The molecule has 1 N–H and O–H groups in total. The smallest absolute Gasteiger partial charge is 0.221 e. The highest BCUT2D eigenvalue weighted by Crippen LogP contribution is 2.39. The van der Waals surface area contributed by atoms with Crippen LogP contribution in [0.2, 0.25) is 0 Å². The molecule has 2 aromatic carbocycles. The molecule has 0 aromatic heterocycles. The van der Waals surface area contributed by atoms with E-state index < -0.39 is 0 Å². The largest absolute Gasteiger partial charge is 0.326 e. The molecule has 1 unspecified atom stereocenters. The molecule has 0 aliphatic heterocycles. The van der Waals surface area contributed by atoms with Gasteiger partial charge in [0.15, 0.2) is 0 Å². The average Bonchev–Trinajstić information content (AvgIpc) is 2.67. The van der Waals surface area contributed by atoms with Gasteiger partial charge in [-0.3, -0.25) is 4.79 Å². The number of rotatable bonds is 4. The highest BCUT2D eigenvalue weighted by atomic mass is 16.1. The van der Waals surface area contributed by atoms with Gasteiger partial charge in [-0.1, -0.05) is 75.4 Å². The van der Waals surface area contributed by atoms with Gasteiger partial charge < -0.3 is 5.32 Å². The Bertz CT molecular complexity index is 867. The molecule has 0 fully saturated rings. The molecule has 146 valence electrons. The predicted molar refractivity (Wildman–Crippen MR) is 119 cm³/mol. The number of allylic oxidation sites excluding steroid dienone is 4. The van der Waals surface area contributed by atoms with Crippen LogP contribution in [0.5, 0.6) is 0 Å². The van der Waals surface area contributed by atoms with E-state index in [0.29, 0.717) is 5.92 Å². The average molecular weight is 374 g/mol. The Morgan fingerprint density at radius 3 is 2.25 bits per heavy atom. The standard InChI is InChI=1S/C26H31NO/c1-19(28)27-24-16-14-23(15-17-24)25(18-26(2,3)4)22-12-10-21(11-13-22)20-8-6-5-7-9-20/h5-9,12,14-18,21H,10-11,13H2,1-4H3,(H,27,28)/b25-18+. The maximum absolute atomic E-state index is 11.3. The third kappa shape index (κ3) is 5.45. The van der Waals surface area contributed by atoms with E-state index in [-0.39, 0.29) is 11.3 Å². The fraction of sp³-hybridized carbons (Fsp3) is 0.346. The minimum atomic E-state index is -0.0415. The van der Waals surface area contributed by atoms with Gasteiger partial charge in [0.05, 0.1) is 0 Å². The molecule has 2 aromatic rings. The summed E-state index contributed by atoms with van der Waals surface area (Å²) in [5, 5.41) is 2.85. The number of hydrogen-bond acceptors (Lipinski definition) is 1. The van der Waals surface area contributed by atoms with Crippen molar-refractivity contribution in [3.8, 4) is 0 Å². The number of hydrogen-bond donors (Lipinski definition) is 1. The van der Waals surface area contributed by atoms with E-state index in [1.165, 1.54) is 35.6 Å². The normalized spacial score (nSPS) is 17.8. The molecule has 3 rings (SSSR count). The SMILES string of the molecule is CC(=O)Nc1ccc(/C(=C/C(C)(C)C)C2=CCC(c3ccccc3)CC2)cc1. The monoisotopic (exact) mass is 373 g/mol. The van der Waals surface area contributed by atoms with E-state index >= 15 is 0 Å². The highest BCUT2D eigenvalue weighted by molar-refractivity contribution is 5.89. The fourth-order valence-corrected chi connectivity index (χ4v) is 3.84. The molecule has 0 spiro atoms. The van der Waals surface area contributed by atoms with Crippen molar-refractivity contribution in [2.75, 3.05) is 5.32 Å². The summed E-state index contributed by atoms with van der Waals surface area (Å²) in [4.78, 5) is 11.3. The molecule has 2 nitrogen and oxygen atoms in total. The van der Waals surface area contributed by atoms with Gasteiger partial charge in [-0.15, -0.1) is 0 Å². The first-order valence-corrected chi connectivity index (χ1v) is 10.2. The van der Waals surface area contributed by atoms with Crippen LogP contribution in [0.1, 0.15) is 64.0 Å². The van der Waals surface area contributed by atoms with Crippen LogP contribution in [0, 0.1) is 5.41 Å². The van der Waals surface area contributed by atoms with Crippen LogP contribution < -0.4 is 5.32 Å². The molecular formula is C26H31NO. The number of benzene rings is 2. The number of amides is 1. The molecule has 0 saturated heterocycles. The molecule has 0 heterocycles. The van der Waals surface area contributed by atoms with E-state index in [9.17, 15) is 4.79 Å². The molecule has 1 atom stereocenters. The van der Waals surface area contributed by atoms with E-state index in [2.05, 4.69) is 80.7 Å². The summed E-state index contributed by atoms with van der Waals surface area (Å²) in [5.41, 5.74) is 6.37. The lowest BCUT2D eigenvalue weighted by Crippen LogP contribution is -2.08. The molecular weight excluding hydrogens is 342 g/mol. The van der Waals surface area contributed by atoms with Gasteiger partial charge in [0.2, 0.25) is 5.91 Å². The number of anilines is 1. The zero-order chi connectivity index (χ0) is 20.1. The van der Waals surface area contributed by atoms with Crippen molar-refractivity contribution in [2.45, 2.75) is 52.9 Å². The zero-order valence-corrected chi connectivity index (χ0v) is 17.5.